The lowest BCUT2D eigenvalue weighted by molar-refractivity contribution is -0.116. The van der Waals surface area contributed by atoms with E-state index in [1.54, 1.807) is 0 Å². The number of carbonyl (C=O) groups is 1. The van der Waals surface area contributed by atoms with Gasteiger partial charge in [-0.3, -0.25) is 4.79 Å². The summed E-state index contributed by atoms with van der Waals surface area (Å²) in [6.07, 6.45) is 3.36. The van der Waals surface area contributed by atoms with Gasteiger partial charge in [-0.1, -0.05) is 42.5 Å². The number of para-hydroxylation sites is 3. The standard InChI is InChI=1S/C29H28N4O/c1-33(2)20-13-11-18(12-14-20)19-15-26-28(27(34)16-19)29(32-25-10-6-5-9-24(25)31-26)22-17-30-23-8-4-3-7-21(22)23/h3-14,17,19,29-32H,15-16H2,1-2H3. The number of aromatic amines is 1. The molecule has 2 atom stereocenters. The van der Waals surface area contributed by atoms with Crippen molar-refractivity contribution < 1.29 is 4.79 Å². The number of Topliss-reactive ketones (excluding diaryl/α,β-unsaturated/α-hetero) is 1. The number of nitrogens with zero attached hydrogens (tertiary/aromatic N) is 1. The quantitative estimate of drug-likeness (QED) is 0.349. The summed E-state index contributed by atoms with van der Waals surface area (Å²) in [5.74, 6) is 0.356. The first-order chi connectivity index (χ1) is 16.6. The SMILES string of the molecule is CN(C)c1ccc(C2CC(=O)C3=C(C2)Nc2ccccc2NC3c2c[nH]c3ccccc23)cc1. The second-order valence-electron chi connectivity index (χ2n) is 9.44. The molecule has 0 saturated carbocycles. The maximum Gasteiger partial charge on any atom is 0.163 e. The van der Waals surface area contributed by atoms with Gasteiger partial charge in [-0.2, -0.15) is 0 Å². The number of allylic oxidation sites excluding steroid dienone is 1. The fourth-order valence-electron chi connectivity index (χ4n) is 5.34. The third-order valence-electron chi connectivity index (χ3n) is 7.12. The van der Waals surface area contributed by atoms with Crippen LogP contribution in [0.1, 0.15) is 35.9 Å². The van der Waals surface area contributed by atoms with Crippen LogP contribution in [0.3, 0.4) is 0 Å². The average Bonchev–Trinajstić information content (AvgIpc) is 3.20. The number of H-pyrrole nitrogens is 1. The van der Waals surface area contributed by atoms with Crippen molar-refractivity contribution in [1.82, 2.24) is 4.98 Å². The second kappa shape index (κ2) is 8.10. The highest BCUT2D eigenvalue weighted by Crippen LogP contribution is 2.45. The van der Waals surface area contributed by atoms with Crippen molar-refractivity contribution in [3.05, 3.63) is 101 Å². The Morgan fingerprint density at radius 3 is 2.38 bits per heavy atom. The largest absolute Gasteiger partial charge is 0.378 e. The Balaban J connectivity index is 1.45. The third kappa shape index (κ3) is 3.45. The van der Waals surface area contributed by atoms with Gasteiger partial charge < -0.3 is 20.5 Å². The first-order valence-electron chi connectivity index (χ1n) is 11.8. The van der Waals surface area contributed by atoms with Crippen LogP contribution in [0.2, 0.25) is 0 Å². The molecule has 1 aromatic heterocycles. The summed E-state index contributed by atoms with van der Waals surface area (Å²) in [7, 11) is 4.09. The number of rotatable bonds is 3. The van der Waals surface area contributed by atoms with Gasteiger partial charge in [0, 0.05) is 60.1 Å². The highest BCUT2D eigenvalue weighted by atomic mass is 16.1. The van der Waals surface area contributed by atoms with E-state index in [1.807, 2.05) is 44.6 Å². The Hall–Kier alpha value is -3.99. The van der Waals surface area contributed by atoms with E-state index in [-0.39, 0.29) is 17.7 Å². The van der Waals surface area contributed by atoms with Gasteiger partial charge >= 0.3 is 0 Å². The van der Waals surface area contributed by atoms with Crippen LogP contribution in [-0.2, 0) is 4.79 Å². The number of aromatic nitrogens is 1. The molecular formula is C29H28N4O. The zero-order chi connectivity index (χ0) is 23.2. The Morgan fingerprint density at radius 2 is 1.59 bits per heavy atom. The fourth-order valence-corrected chi connectivity index (χ4v) is 5.34. The maximum absolute atomic E-state index is 13.8. The van der Waals surface area contributed by atoms with Crippen LogP contribution in [0.15, 0.2) is 90.3 Å². The molecule has 0 spiro atoms. The molecule has 1 aliphatic carbocycles. The zero-order valence-corrected chi connectivity index (χ0v) is 19.4. The number of ketones is 1. The molecule has 5 heteroatoms. The monoisotopic (exact) mass is 448 g/mol. The number of hydrogen-bond acceptors (Lipinski definition) is 4. The molecule has 0 bridgehead atoms. The molecule has 5 nitrogen and oxygen atoms in total. The smallest absolute Gasteiger partial charge is 0.163 e. The Bertz CT molecular complexity index is 1410. The van der Waals surface area contributed by atoms with Crippen LogP contribution in [0.5, 0.6) is 0 Å². The minimum Gasteiger partial charge on any atom is -0.378 e. The molecule has 0 radical (unpaired) electrons. The van der Waals surface area contributed by atoms with Crippen LogP contribution in [0, 0.1) is 0 Å². The van der Waals surface area contributed by atoms with E-state index in [4.69, 9.17) is 0 Å². The lowest BCUT2D eigenvalue weighted by atomic mass is 9.78. The van der Waals surface area contributed by atoms with Crippen molar-refractivity contribution in [3.63, 3.8) is 0 Å². The van der Waals surface area contributed by atoms with Gasteiger partial charge in [0.15, 0.2) is 5.78 Å². The number of hydrogen-bond donors (Lipinski definition) is 3. The van der Waals surface area contributed by atoms with Crippen molar-refractivity contribution in [1.29, 1.82) is 0 Å². The van der Waals surface area contributed by atoms with E-state index < -0.39 is 0 Å². The highest BCUT2D eigenvalue weighted by molar-refractivity contribution is 6.02. The van der Waals surface area contributed by atoms with Crippen LogP contribution in [0.25, 0.3) is 10.9 Å². The Labute approximate surface area is 199 Å². The van der Waals surface area contributed by atoms with Crippen molar-refractivity contribution in [2.45, 2.75) is 24.8 Å². The summed E-state index contributed by atoms with van der Waals surface area (Å²) < 4.78 is 0. The van der Waals surface area contributed by atoms with Crippen molar-refractivity contribution in [3.8, 4) is 0 Å². The fraction of sp³-hybridized carbons (Fsp3) is 0.207. The van der Waals surface area contributed by atoms with Gasteiger partial charge in [-0.05, 0) is 48.2 Å². The molecule has 2 unspecified atom stereocenters. The molecule has 170 valence electrons. The van der Waals surface area contributed by atoms with Crippen LogP contribution in [-0.4, -0.2) is 24.9 Å². The molecular weight excluding hydrogens is 420 g/mol. The topological polar surface area (TPSA) is 60.2 Å². The number of carbonyl (C=O) groups excluding carboxylic acids is 1. The third-order valence-corrected chi connectivity index (χ3v) is 7.12. The van der Waals surface area contributed by atoms with E-state index in [1.165, 1.54) is 5.56 Å². The molecule has 0 fully saturated rings. The molecule has 0 saturated heterocycles. The van der Waals surface area contributed by atoms with Gasteiger partial charge in [-0.15, -0.1) is 0 Å². The number of benzene rings is 3. The molecule has 0 amide bonds. The summed E-state index contributed by atoms with van der Waals surface area (Å²) in [5, 5.41) is 8.47. The van der Waals surface area contributed by atoms with Crippen molar-refractivity contribution >= 4 is 33.7 Å². The second-order valence-corrected chi connectivity index (χ2v) is 9.44. The maximum atomic E-state index is 13.8. The van der Waals surface area contributed by atoms with Gasteiger partial charge in [0.2, 0.25) is 0 Å². The van der Waals surface area contributed by atoms with Gasteiger partial charge in [0.25, 0.3) is 0 Å². The lowest BCUT2D eigenvalue weighted by Crippen LogP contribution is -2.26. The molecule has 2 heterocycles. The van der Waals surface area contributed by atoms with Crippen LogP contribution < -0.4 is 15.5 Å². The van der Waals surface area contributed by atoms with E-state index >= 15 is 0 Å². The minimum absolute atomic E-state index is 0.156. The number of nitrogens with one attached hydrogen (secondary N) is 3. The first-order valence-corrected chi connectivity index (χ1v) is 11.8. The van der Waals surface area contributed by atoms with Crippen molar-refractivity contribution in [2.24, 2.45) is 0 Å². The molecule has 1 aliphatic heterocycles. The molecule has 3 aromatic carbocycles. The van der Waals surface area contributed by atoms with Gasteiger partial charge in [0.05, 0.1) is 17.4 Å². The molecule has 34 heavy (non-hydrogen) atoms. The summed E-state index contributed by atoms with van der Waals surface area (Å²) in [4.78, 5) is 19.3. The molecule has 2 aliphatic rings. The van der Waals surface area contributed by atoms with E-state index in [0.29, 0.717) is 6.42 Å². The zero-order valence-electron chi connectivity index (χ0n) is 19.4. The summed E-state index contributed by atoms with van der Waals surface area (Å²) >= 11 is 0. The predicted octanol–water partition coefficient (Wildman–Crippen LogP) is 6.21. The minimum atomic E-state index is -0.216. The van der Waals surface area contributed by atoms with Gasteiger partial charge in [0.1, 0.15) is 0 Å². The number of anilines is 3. The molecule has 3 N–H and O–H groups in total. The lowest BCUT2D eigenvalue weighted by Gasteiger charge is -2.30. The van der Waals surface area contributed by atoms with E-state index in [9.17, 15) is 4.79 Å². The van der Waals surface area contributed by atoms with E-state index in [0.717, 1.165) is 51.2 Å². The van der Waals surface area contributed by atoms with Gasteiger partial charge in [-0.25, -0.2) is 0 Å². The van der Waals surface area contributed by atoms with Crippen LogP contribution >= 0.6 is 0 Å². The normalized spacial score (nSPS) is 19.6. The average molecular weight is 449 g/mol. The highest BCUT2D eigenvalue weighted by Gasteiger charge is 2.36. The summed E-state index contributed by atoms with van der Waals surface area (Å²) in [6.45, 7) is 0. The Morgan fingerprint density at radius 1 is 0.853 bits per heavy atom. The van der Waals surface area contributed by atoms with E-state index in [2.05, 4.69) is 69.0 Å². The first kappa shape index (κ1) is 20.6. The van der Waals surface area contributed by atoms with Crippen LogP contribution in [0.4, 0.5) is 17.1 Å². The summed E-state index contributed by atoms with van der Waals surface area (Å²) in [5.41, 5.74) is 8.43. The predicted molar refractivity (Wildman–Crippen MR) is 140 cm³/mol. The molecule has 4 aromatic rings. The number of fused-ring (bicyclic) bond motifs is 2. The molecule has 6 rings (SSSR count). The summed E-state index contributed by atoms with van der Waals surface area (Å²) in [6, 6.07) is 24.9. The Kier molecular flexibility index (Phi) is 4.91. The van der Waals surface area contributed by atoms with Crippen molar-refractivity contribution in [2.75, 3.05) is 29.6 Å².